The number of benzene rings is 3. The highest BCUT2D eigenvalue weighted by molar-refractivity contribution is 5.92. The lowest BCUT2D eigenvalue weighted by Gasteiger charge is -2.12. The summed E-state index contributed by atoms with van der Waals surface area (Å²) in [4.78, 5) is 49.5. The van der Waals surface area contributed by atoms with Crippen LogP contribution in [-0.4, -0.2) is 49.3 Å². The molecule has 3 rings (SSSR count). The summed E-state index contributed by atoms with van der Waals surface area (Å²) in [6.07, 6.45) is 9.96. The lowest BCUT2D eigenvalue weighted by molar-refractivity contribution is -0.147. The summed E-state index contributed by atoms with van der Waals surface area (Å²) in [5, 5.41) is 0. The summed E-state index contributed by atoms with van der Waals surface area (Å²) in [6, 6.07) is 17.9. The molecular formula is C43H48O10. The van der Waals surface area contributed by atoms with Crippen LogP contribution in [0, 0.1) is 6.92 Å². The zero-order valence-corrected chi connectivity index (χ0v) is 30.3. The lowest BCUT2D eigenvalue weighted by Crippen LogP contribution is -2.15. The zero-order chi connectivity index (χ0) is 38.4. The molecule has 280 valence electrons. The zero-order valence-electron chi connectivity index (χ0n) is 30.3. The first-order valence-electron chi connectivity index (χ1n) is 17.5. The molecule has 0 fully saturated rings. The molecule has 0 aliphatic rings. The van der Waals surface area contributed by atoms with E-state index in [1.54, 1.807) is 98.0 Å². The number of esters is 4. The van der Waals surface area contributed by atoms with Gasteiger partial charge in [0.05, 0.1) is 24.3 Å². The van der Waals surface area contributed by atoms with Gasteiger partial charge in [0.25, 0.3) is 0 Å². The van der Waals surface area contributed by atoms with Crippen molar-refractivity contribution in [2.75, 3.05) is 13.2 Å². The van der Waals surface area contributed by atoms with E-state index in [-0.39, 0.29) is 37.0 Å². The summed E-state index contributed by atoms with van der Waals surface area (Å²) in [6.45, 7) is 17.1. The third-order valence-corrected chi connectivity index (χ3v) is 7.72. The van der Waals surface area contributed by atoms with Gasteiger partial charge >= 0.3 is 23.9 Å². The van der Waals surface area contributed by atoms with E-state index < -0.39 is 11.9 Å². The number of rotatable bonds is 24. The molecule has 0 aliphatic heterocycles. The first-order valence-corrected chi connectivity index (χ1v) is 17.5. The molecule has 0 heterocycles. The molecule has 0 aromatic heterocycles. The minimum atomic E-state index is -0.556. The fourth-order valence-electron chi connectivity index (χ4n) is 4.79. The van der Waals surface area contributed by atoms with E-state index in [1.807, 2.05) is 0 Å². The number of unbranched alkanes of at least 4 members (excludes halogenated alkanes) is 2. The van der Waals surface area contributed by atoms with Gasteiger partial charge in [-0.3, -0.25) is 9.59 Å². The van der Waals surface area contributed by atoms with E-state index >= 15 is 0 Å². The third kappa shape index (κ3) is 15.1. The molecule has 0 aliphatic carbocycles. The molecule has 0 amide bonds. The first-order chi connectivity index (χ1) is 25.6. The fourth-order valence-corrected chi connectivity index (χ4v) is 4.79. The van der Waals surface area contributed by atoms with Crippen LogP contribution < -0.4 is 18.9 Å². The highest BCUT2D eigenvalue weighted by atomic mass is 16.6. The average Bonchev–Trinajstić information content (AvgIpc) is 3.15. The fraction of sp³-hybridized carbons (Fsp3) is 0.302. The Balaban J connectivity index is 1.38. The summed E-state index contributed by atoms with van der Waals surface area (Å²) in [5.41, 5.74) is 1.27. The van der Waals surface area contributed by atoms with Crippen molar-refractivity contribution in [1.29, 1.82) is 0 Å². The maximum Gasteiger partial charge on any atom is 0.343 e. The van der Waals surface area contributed by atoms with Crippen LogP contribution >= 0.6 is 0 Å². The van der Waals surface area contributed by atoms with Gasteiger partial charge in [-0.1, -0.05) is 37.5 Å². The molecular weight excluding hydrogens is 676 g/mol. The van der Waals surface area contributed by atoms with Crippen LogP contribution in [0.4, 0.5) is 0 Å². The van der Waals surface area contributed by atoms with Crippen molar-refractivity contribution in [3.8, 4) is 23.0 Å². The molecule has 3 aromatic rings. The number of carbonyl (C=O) groups is 4. The standard InChI is InChI=1S/C43H48O10/c1-6-14-34(8-3)50-40(44)16-10-12-28-48-36-22-18-32(19-23-36)42(46)52-38-26-27-39(31(5)30-38)53-43(47)33-20-24-37(25-21-33)49-29-13-11-17-41(45)51-35(9-4)15-7-2/h6-9,18-27,30,34-35H,1-4,10-17,28-29H2,5H3. The van der Waals surface area contributed by atoms with Crippen LogP contribution in [-0.2, 0) is 19.1 Å². The Bertz CT molecular complexity index is 1690. The predicted octanol–water partition coefficient (Wildman–Crippen LogP) is 8.88. The van der Waals surface area contributed by atoms with Crippen molar-refractivity contribution in [2.24, 2.45) is 0 Å². The van der Waals surface area contributed by atoms with Gasteiger partial charge < -0.3 is 28.4 Å². The molecule has 3 aromatic carbocycles. The van der Waals surface area contributed by atoms with Crippen molar-refractivity contribution in [3.05, 3.63) is 134 Å². The molecule has 2 unspecified atom stereocenters. The van der Waals surface area contributed by atoms with Crippen molar-refractivity contribution < 1.29 is 47.6 Å². The predicted molar refractivity (Wildman–Crippen MR) is 202 cm³/mol. The Morgan fingerprint density at radius 2 is 1.02 bits per heavy atom. The third-order valence-electron chi connectivity index (χ3n) is 7.72. The Morgan fingerprint density at radius 3 is 1.43 bits per heavy atom. The van der Waals surface area contributed by atoms with Crippen LogP contribution in [0.2, 0.25) is 0 Å². The van der Waals surface area contributed by atoms with Gasteiger partial charge in [0.1, 0.15) is 35.2 Å². The second kappa shape index (κ2) is 22.8. The Morgan fingerprint density at radius 1 is 0.585 bits per heavy atom. The maximum absolute atomic E-state index is 12.8. The molecule has 53 heavy (non-hydrogen) atoms. The van der Waals surface area contributed by atoms with E-state index in [1.165, 1.54) is 0 Å². The minimum absolute atomic E-state index is 0.280. The summed E-state index contributed by atoms with van der Waals surface area (Å²) in [7, 11) is 0. The van der Waals surface area contributed by atoms with E-state index in [0.29, 0.717) is 91.4 Å². The number of hydrogen-bond donors (Lipinski definition) is 0. The van der Waals surface area contributed by atoms with E-state index in [2.05, 4.69) is 26.3 Å². The molecule has 2 atom stereocenters. The van der Waals surface area contributed by atoms with Gasteiger partial charge in [0.15, 0.2) is 0 Å². The quantitative estimate of drug-likeness (QED) is 0.0383. The Hall–Kier alpha value is -5.90. The van der Waals surface area contributed by atoms with E-state index in [0.717, 1.165) is 0 Å². The monoisotopic (exact) mass is 724 g/mol. The van der Waals surface area contributed by atoms with Crippen molar-refractivity contribution in [2.45, 2.75) is 70.5 Å². The molecule has 0 radical (unpaired) electrons. The van der Waals surface area contributed by atoms with Gasteiger partial charge in [-0.2, -0.15) is 0 Å². The normalized spacial score (nSPS) is 11.6. The number of hydrogen-bond acceptors (Lipinski definition) is 10. The highest BCUT2D eigenvalue weighted by Crippen LogP contribution is 2.26. The molecule has 0 bridgehead atoms. The smallest absolute Gasteiger partial charge is 0.343 e. The molecule has 0 saturated heterocycles. The van der Waals surface area contributed by atoms with Crippen molar-refractivity contribution in [3.63, 3.8) is 0 Å². The molecule has 10 heteroatoms. The van der Waals surface area contributed by atoms with Gasteiger partial charge in [-0.25, -0.2) is 9.59 Å². The number of aryl methyl sites for hydroxylation is 1. The van der Waals surface area contributed by atoms with Gasteiger partial charge in [-0.15, -0.1) is 13.2 Å². The summed E-state index contributed by atoms with van der Waals surface area (Å²) >= 11 is 0. The summed E-state index contributed by atoms with van der Waals surface area (Å²) < 4.78 is 33.2. The van der Waals surface area contributed by atoms with Crippen LogP contribution in [0.1, 0.15) is 77.6 Å². The van der Waals surface area contributed by atoms with Crippen molar-refractivity contribution >= 4 is 23.9 Å². The van der Waals surface area contributed by atoms with Crippen LogP contribution in [0.5, 0.6) is 23.0 Å². The van der Waals surface area contributed by atoms with Crippen LogP contribution in [0.25, 0.3) is 0 Å². The van der Waals surface area contributed by atoms with Crippen LogP contribution in [0.3, 0.4) is 0 Å². The van der Waals surface area contributed by atoms with E-state index in [9.17, 15) is 19.2 Å². The average molecular weight is 725 g/mol. The highest BCUT2D eigenvalue weighted by Gasteiger charge is 2.15. The molecule has 0 N–H and O–H groups in total. The van der Waals surface area contributed by atoms with Crippen LogP contribution in [0.15, 0.2) is 117 Å². The second-order valence-corrected chi connectivity index (χ2v) is 11.9. The van der Waals surface area contributed by atoms with Gasteiger partial charge in [0.2, 0.25) is 0 Å². The Kier molecular flexibility index (Phi) is 17.9. The maximum atomic E-state index is 12.8. The topological polar surface area (TPSA) is 124 Å². The molecule has 0 saturated carbocycles. The van der Waals surface area contributed by atoms with Gasteiger partial charge in [-0.05, 0) is 105 Å². The summed E-state index contributed by atoms with van der Waals surface area (Å²) in [5.74, 6) is 0.0983. The number of carbonyl (C=O) groups excluding carboxylic acids is 4. The Labute approximate surface area is 311 Å². The molecule has 0 spiro atoms. The van der Waals surface area contributed by atoms with Crippen molar-refractivity contribution in [1.82, 2.24) is 0 Å². The van der Waals surface area contributed by atoms with E-state index in [4.69, 9.17) is 28.4 Å². The lowest BCUT2D eigenvalue weighted by atomic mass is 10.2. The van der Waals surface area contributed by atoms with Gasteiger partial charge in [0, 0.05) is 25.7 Å². The largest absolute Gasteiger partial charge is 0.494 e. The SMILES string of the molecule is C=CCC(C=C)OC(=O)CCCCOc1ccc(C(=O)Oc2ccc(OC(=O)c3ccc(OCCCCC(=O)OC(C=C)CC=C)cc3)c(C)c2)cc1. The minimum Gasteiger partial charge on any atom is -0.494 e. The molecule has 10 nitrogen and oxygen atoms in total. The number of ether oxygens (including phenoxy) is 6. The first kappa shape index (κ1) is 41.5. The second-order valence-electron chi connectivity index (χ2n) is 11.9.